The van der Waals surface area contributed by atoms with Crippen LogP contribution < -0.4 is 9.73 Å². The Morgan fingerprint density at radius 3 is 2.21 bits per heavy atom. The van der Waals surface area contributed by atoms with Crippen molar-refractivity contribution in [2.45, 2.75) is 6.92 Å². The van der Waals surface area contributed by atoms with Crippen molar-refractivity contribution in [1.82, 2.24) is 5.43 Å². The van der Waals surface area contributed by atoms with Gasteiger partial charge in [0.2, 0.25) is 10.0 Å². The summed E-state index contributed by atoms with van der Waals surface area (Å²) in [5, 5.41) is 8.68. The molecule has 33 heavy (non-hydrogen) atoms. The number of hydrogen-bond donors (Lipinski definition) is 1. The van der Waals surface area contributed by atoms with Crippen LogP contribution in [-0.4, -0.2) is 33.3 Å². The topological polar surface area (TPSA) is 78.8 Å². The summed E-state index contributed by atoms with van der Waals surface area (Å²) >= 11 is 6.15. The minimum Gasteiger partial charge on any atom is -0.271 e. The molecule has 0 unspecified atom stereocenters. The molecule has 6 nitrogen and oxygen atoms in total. The molecule has 4 aromatic carbocycles. The summed E-state index contributed by atoms with van der Waals surface area (Å²) in [6.45, 7) is 1.28. The van der Waals surface area contributed by atoms with Crippen molar-refractivity contribution in [2.75, 3.05) is 17.1 Å². The van der Waals surface area contributed by atoms with Crippen LogP contribution in [0.15, 0.2) is 77.9 Å². The average molecular weight is 480 g/mol. The Labute approximate surface area is 197 Å². The van der Waals surface area contributed by atoms with Gasteiger partial charge >= 0.3 is 0 Å². The molecule has 168 valence electrons. The van der Waals surface area contributed by atoms with Gasteiger partial charge in [0, 0.05) is 10.6 Å². The van der Waals surface area contributed by atoms with Crippen molar-refractivity contribution in [3.63, 3.8) is 0 Å². The van der Waals surface area contributed by atoms with Gasteiger partial charge in [-0.05, 0) is 52.2 Å². The number of hydrazone groups is 1. The summed E-state index contributed by atoms with van der Waals surface area (Å²) in [4.78, 5) is 12.6. The molecular formula is C25H22ClN3O3S. The highest BCUT2D eigenvalue weighted by Crippen LogP contribution is 2.28. The molecule has 1 N–H and O–H groups in total. The summed E-state index contributed by atoms with van der Waals surface area (Å²) in [6, 6.07) is 22.9. The monoisotopic (exact) mass is 479 g/mol. The fourth-order valence-corrected chi connectivity index (χ4v) is 4.85. The van der Waals surface area contributed by atoms with Gasteiger partial charge in [0.05, 0.1) is 18.2 Å². The molecule has 0 saturated carbocycles. The molecule has 0 atom stereocenters. The fourth-order valence-electron chi connectivity index (χ4n) is 3.77. The molecule has 0 spiro atoms. The number of benzene rings is 4. The average Bonchev–Trinajstić information content (AvgIpc) is 2.78. The fraction of sp³-hybridized carbons (Fsp3) is 0.120. The van der Waals surface area contributed by atoms with E-state index in [0.29, 0.717) is 16.3 Å². The third-order valence-electron chi connectivity index (χ3n) is 5.39. The quantitative estimate of drug-likeness (QED) is 0.243. The van der Waals surface area contributed by atoms with Crippen LogP contribution in [0.2, 0.25) is 5.02 Å². The van der Waals surface area contributed by atoms with E-state index in [9.17, 15) is 13.2 Å². The number of carbonyl (C=O) groups excluding carboxylic acids is 1. The second-order valence-corrected chi connectivity index (χ2v) is 9.99. The van der Waals surface area contributed by atoms with Gasteiger partial charge in [0.25, 0.3) is 5.91 Å². The van der Waals surface area contributed by atoms with Gasteiger partial charge in [-0.15, -0.1) is 0 Å². The van der Waals surface area contributed by atoms with E-state index in [-0.39, 0.29) is 0 Å². The van der Waals surface area contributed by atoms with Crippen molar-refractivity contribution in [2.24, 2.45) is 5.10 Å². The molecule has 0 aliphatic heterocycles. The van der Waals surface area contributed by atoms with E-state index in [2.05, 4.69) is 16.6 Å². The minimum absolute atomic E-state index is 0.351. The molecule has 8 heteroatoms. The lowest BCUT2D eigenvalue weighted by Gasteiger charge is -2.23. The van der Waals surface area contributed by atoms with E-state index in [1.54, 1.807) is 31.3 Å². The predicted octanol–water partition coefficient (Wildman–Crippen LogP) is 4.87. The van der Waals surface area contributed by atoms with Crippen LogP contribution in [0, 0.1) is 6.92 Å². The predicted molar refractivity (Wildman–Crippen MR) is 136 cm³/mol. The first-order valence-corrected chi connectivity index (χ1v) is 12.4. The largest absolute Gasteiger partial charge is 0.271 e. The molecule has 0 fully saturated rings. The number of amides is 1. The highest BCUT2D eigenvalue weighted by Gasteiger charge is 2.23. The van der Waals surface area contributed by atoms with Crippen LogP contribution >= 0.6 is 11.6 Å². The maximum atomic E-state index is 12.6. The van der Waals surface area contributed by atoms with Crippen molar-refractivity contribution >= 4 is 61.0 Å². The smallest absolute Gasteiger partial charge is 0.260 e. The second kappa shape index (κ2) is 9.21. The lowest BCUT2D eigenvalue weighted by Crippen LogP contribution is -2.39. The van der Waals surface area contributed by atoms with Gasteiger partial charge < -0.3 is 0 Å². The number of hydrogen-bond acceptors (Lipinski definition) is 4. The highest BCUT2D eigenvalue weighted by atomic mass is 35.5. The second-order valence-electron chi connectivity index (χ2n) is 7.68. The maximum absolute atomic E-state index is 12.6. The molecule has 0 aliphatic carbocycles. The molecule has 0 bridgehead atoms. The number of anilines is 1. The zero-order chi connectivity index (χ0) is 23.6. The molecule has 0 aromatic heterocycles. The SMILES string of the molecule is Cc1c(Cl)cccc1N(CC(=O)N/N=C/c1c2ccccc2cc2ccccc12)S(C)(=O)=O. The standard InChI is InChI=1S/C25H22ClN3O3S/c1-17-23(26)12-7-13-24(17)29(33(2,31)32)16-25(30)28-27-15-22-20-10-5-3-8-18(20)14-19-9-4-6-11-21(19)22/h3-15H,16H2,1-2H3,(H,28,30)/b27-15+. The van der Waals surface area contributed by atoms with E-state index in [4.69, 9.17) is 11.6 Å². The van der Waals surface area contributed by atoms with Crippen molar-refractivity contribution in [3.8, 4) is 0 Å². The van der Waals surface area contributed by atoms with E-state index in [1.807, 2.05) is 48.5 Å². The van der Waals surface area contributed by atoms with Crippen LogP contribution in [0.25, 0.3) is 21.5 Å². The first kappa shape index (κ1) is 22.8. The maximum Gasteiger partial charge on any atom is 0.260 e. The number of fused-ring (bicyclic) bond motifs is 2. The summed E-state index contributed by atoms with van der Waals surface area (Å²) in [5.74, 6) is -0.569. The van der Waals surface area contributed by atoms with Gasteiger partial charge in [0.1, 0.15) is 6.54 Å². The Morgan fingerprint density at radius 1 is 1.00 bits per heavy atom. The number of carbonyl (C=O) groups is 1. The highest BCUT2D eigenvalue weighted by molar-refractivity contribution is 7.92. The number of nitrogens with zero attached hydrogens (tertiary/aromatic N) is 2. The van der Waals surface area contributed by atoms with E-state index in [0.717, 1.165) is 37.7 Å². The molecule has 0 radical (unpaired) electrons. The number of nitrogens with one attached hydrogen (secondary N) is 1. The molecular weight excluding hydrogens is 458 g/mol. The molecule has 1 amide bonds. The third kappa shape index (κ3) is 4.84. The van der Waals surface area contributed by atoms with Crippen LogP contribution in [0.4, 0.5) is 5.69 Å². The van der Waals surface area contributed by atoms with Crippen LogP contribution in [0.5, 0.6) is 0 Å². The molecule has 0 saturated heterocycles. The van der Waals surface area contributed by atoms with Crippen molar-refractivity contribution in [3.05, 3.63) is 88.9 Å². The summed E-state index contributed by atoms with van der Waals surface area (Å²) < 4.78 is 25.8. The Morgan fingerprint density at radius 2 is 1.61 bits per heavy atom. The molecule has 0 heterocycles. The minimum atomic E-state index is -3.73. The number of sulfonamides is 1. The summed E-state index contributed by atoms with van der Waals surface area (Å²) in [7, 11) is -3.73. The normalized spacial score (nSPS) is 11.8. The summed E-state index contributed by atoms with van der Waals surface area (Å²) in [6.07, 6.45) is 2.64. The first-order valence-electron chi connectivity index (χ1n) is 10.2. The summed E-state index contributed by atoms with van der Waals surface area (Å²) in [5.41, 5.74) is 4.25. The van der Waals surface area contributed by atoms with Gasteiger partial charge in [-0.2, -0.15) is 5.10 Å². The third-order valence-corrected chi connectivity index (χ3v) is 6.93. The zero-order valence-corrected chi connectivity index (χ0v) is 19.7. The molecule has 0 aliphatic rings. The van der Waals surface area contributed by atoms with Crippen LogP contribution in [-0.2, 0) is 14.8 Å². The lowest BCUT2D eigenvalue weighted by molar-refractivity contribution is -0.119. The Hall–Kier alpha value is -3.42. The van der Waals surface area contributed by atoms with Gasteiger partial charge in [0.15, 0.2) is 0 Å². The first-order chi connectivity index (χ1) is 15.8. The molecule has 4 aromatic rings. The van der Waals surface area contributed by atoms with Crippen LogP contribution in [0.3, 0.4) is 0 Å². The van der Waals surface area contributed by atoms with Gasteiger partial charge in [-0.1, -0.05) is 66.2 Å². The zero-order valence-electron chi connectivity index (χ0n) is 18.1. The van der Waals surface area contributed by atoms with Gasteiger partial charge in [-0.3, -0.25) is 9.10 Å². The number of halogens is 1. The lowest BCUT2D eigenvalue weighted by atomic mass is 9.97. The van der Waals surface area contributed by atoms with E-state index < -0.39 is 22.5 Å². The Bertz CT molecular complexity index is 1450. The van der Waals surface area contributed by atoms with E-state index in [1.165, 1.54) is 0 Å². The van der Waals surface area contributed by atoms with Crippen molar-refractivity contribution < 1.29 is 13.2 Å². The number of rotatable bonds is 6. The Kier molecular flexibility index (Phi) is 6.35. The van der Waals surface area contributed by atoms with E-state index >= 15 is 0 Å². The van der Waals surface area contributed by atoms with Gasteiger partial charge in [-0.25, -0.2) is 13.8 Å². The van der Waals surface area contributed by atoms with Crippen molar-refractivity contribution in [1.29, 1.82) is 0 Å². The Balaban J connectivity index is 1.61. The van der Waals surface area contributed by atoms with Crippen LogP contribution in [0.1, 0.15) is 11.1 Å². The molecule has 4 rings (SSSR count).